The molecule has 1 atom stereocenters. The lowest BCUT2D eigenvalue weighted by Gasteiger charge is -2.25. The number of Topliss-reactive ketones (excluding diaryl/α,β-unsaturated/α-hetero) is 1. The number of nitro benzene ring substituents is 1. The first kappa shape index (κ1) is 17.8. The Bertz CT molecular complexity index is 554. The van der Waals surface area contributed by atoms with Gasteiger partial charge in [0.1, 0.15) is 5.78 Å². The third-order valence-corrected chi connectivity index (χ3v) is 3.15. The molecule has 0 saturated carbocycles. The van der Waals surface area contributed by atoms with E-state index in [0.29, 0.717) is 6.42 Å². The van der Waals surface area contributed by atoms with Crippen molar-refractivity contribution >= 4 is 17.4 Å². The van der Waals surface area contributed by atoms with Crippen LogP contribution in [0.4, 0.5) is 5.69 Å². The second kappa shape index (κ2) is 7.65. The van der Waals surface area contributed by atoms with E-state index in [9.17, 15) is 24.8 Å². The van der Waals surface area contributed by atoms with E-state index in [1.807, 2.05) is 6.92 Å². The van der Waals surface area contributed by atoms with E-state index in [1.165, 1.54) is 24.3 Å². The molecule has 0 amide bonds. The summed E-state index contributed by atoms with van der Waals surface area (Å²) in [7, 11) is 0. The van der Waals surface area contributed by atoms with E-state index < -0.39 is 22.9 Å². The maximum absolute atomic E-state index is 12.1. The van der Waals surface area contributed by atoms with Crippen LogP contribution in [0.5, 0.6) is 0 Å². The van der Waals surface area contributed by atoms with Gasteiger partial charge in [0, 0.05) is 18.6 Å². The second-order valence-electron chi connectivity index (χ2n) is 4.85. The van der Waals surface area contributed by atoms with Crippen LogP contribution in [0.25, 0.3) is 0 Å². The SMILES string of the molecule is CCCC(=O)CC(O)(C(=O)OCC)c1ccc([N+](=O)[O-])cc1. The molecule has 0 heterocycles. The van der Waals surface area contributed by atoms with Crippen LogP contribution < -0.4 is 0 Å². The zero-order valence-electron chi connectivity index (χ0n) is 12.6. The Morgan fingerprint density at radius 3 is 2.32 bits per heavy atom. The predicted molar refractivity (Wildman–Crippen MR) is 78.2 cm³/mol. The van der Waals surface area contributed by atoms with E-state index in [2.05, 4.69) is 0 Å². The molecular weight excluding hydrogens is 290 g/mol. The number of esters is 1. The molecule has 0 spiro atoms. The molecule has 0 aromatic heterocycles. The summed E-state index contributed by atoms with van der Waals surface area (Å²) in [5.41, 5.74) is -2.20. The van der Waals surface area contributed by atoms with Gasteiger partial charge in [-0.15, -0.1) is 0 Å². The minimum atomic E-state index is -2.13. The molecule has 7 nitrogen and oxygen atoms in total. The number of rotatable bonds is 8. The van der Waals surface area contributed by atoms with Gasteiger partial charge in [0.2, 0.25) is 0 Å². The summed E-state index contributed by atoms with van der Waals surface area (Å²) in [5, 5.41) is 21.3. The standard InChI is InChI=1S/C15H19NO6/c1-3-5-13(17)10-15(19,14(18)22-4-2)11-6-8-12(9-7-11)16(20)21/h6-9,19H,3-5,10H2,1-2H3. The summed E-state index contributed by atoms with van der Waals surface area (Å²) < 4.78 is 4.84. The number of non-ortho nitro benzene ring substituents is 1. The normalized spacial score (nSPS) is 13.2. The minimum Gasteiger partial charge on any atom is -0.464 e. The first-order valence-electron chi connectivity index (χ1n) is 7.01. The van der Waals surface area contributed by atoms with E-state index in [1.54, 1.807) is 6.92 Å². The number of nitro groups is 1. The first-order valence-corrected chi connectivity index (χ1v) is 7.01. The van der Waals surface area contributed by atoms with Crippen LogP contribution in [0.15, 0.2) is 24.3 Å². The molecule has 0 bridgehead atoms. The van der Waals surface area contributed by atoms with Gasteiger partial charge in [-0.2, -0.15) is 0 Å². The van der Waals surface area contributed by atoms with Gasteiger partial charge in [-0.1, -0.05) is 6.92 Å². The average molecular weight is 309 g/mol. The number of carbonyl (C=O) groups excluding carboxylic acids is 2. The fourth-order valence-electron chi connectivity index (χ4n) is 2.05. The van der Waals surface area contributed by atoms with Crippen LogP contribution >= 0.6 is 0 Å². The molecule has 0 radical (unpaired) electrons. The van der Waals surface area contributed by atoms with Crippen molar-refractivity contribution in [3.63, 3.8) is 0 Å². The fourth-order valence-corrected chi connectivity index (χ4v) is 2.05. The van der Waals surface area contributed by atoms with E-state index in [-0.39, 0.29) is 30.1 Å². The summed E-state index contributed by atoms with van der Waals surface area (Å²) in [4.78, 5) is 34.0. The summed E-state index contributed by atoms with van der Waals surface area (Å²) in [6.07, 6.45) is 0.407. The highest BCUT2D eigenvalue weighted by atomic mass is 16.6. The molecule has 22 heavy (non-hydrogen) atoms. The third-order valence-electron chi connectivity index (χ3n) is 3.15. The molecular formula is C15H19NO6. The highest BCUT2D eigenvalue weighted by Gasteiger charge is 2.41. The van der Waals surface area contributed by atoms with E-state index >= 15 is 0 Å². The van der Waals surface area contributed by atoms with Gasteiger partial charge in [-0.25, -0.2) is 4.79 Å². The Morgan fingerprint density at radius 2 is 1.86 bits per heavy atom. The first-order chi connectivity index (χ1) is 10.3. The number of hydrogen-bond donors (Lipinski definition) is 1. The summed E-state index contributed by atoms with van der Waals surface area (Å²) in [5.74, 6) is -1.22. The molecule has 7 heteroatoms. The van der Waals surface area contributed by atoms with Gasteiger partial charge in [0.05, 0.1) is 18.0 Å². The molecule has 120 valence electrons. The Hall–Kier alpha value is -2.28. The maximum atomic E-state index is 12.1. The predicted octanol–water partition coefficient (Wildman–Crippen LogP) is 2.10. The average Bonchev–Trinajstić information content (AvgIpc) is 2.47. The van der Waals surface area contributed by atoms with Crippen molar-refractivity contribution in [1.29, 1.82) is 0 Å². The lowest BCUT2D eigenvalue weighted by atomic mass is 9.87. The van der Waals surface area contributed by atoms with Gasteiger partial charge in [0.25, 0.3) is 5.69 Å². The van der Waals surface area contributed by atoms with Crippen LogP contribution in [0.3, 0.4) is 0 Å². The van der Waals surface area contributed by atoms with Gasteiger partial charge in [0.15, 0.2) is 5.60 Å². The topological polar surface area (TPSA) is 107 Å². The summed E-state index contributed by atoms with van der Waals surface area (Å²) in [6.45, 7) is 3.45. The van der Waals surface area contributed by atoms with Gasteiger partial charge >= 0.3 is 5.97 Å². The highest BCUT2D eigenvalue weighted by Crippen LogP contribution is 2.29. The van der Waals surface area contributed by atoms with Crippen LogP contribution in [0.1, 0.15) is 38.7 Å². The van der Waals surface area contributed by atoms with Crippen molar-refractivity contribution < 1.29 is 24.4 Å². The van der Waals surface area contributed by atoms with Crippen LogP contribution in [0.2, 0.25) is 0 Å². The van der Waals surface area contributed by atoms with Gasteiger partial charge in [-0.3, -0.25) is 14.9 Å². The molecule has 1 aromatic carbocycles. The van der Waals surface area contributed by atoms with Crippen molar-refractivity contribution in [2.45, 2.75) is 38.7 Å². The number of nitrogens with zero attached hydrogens (tertiary/aromatic N) is 1. The highest BCUT2D eigenvalue weighted by molar-refractivity contribution is 5.89. The van der Waals surface area contributed by atoms with Crippen LogP contribution in [-0.2, 0) is 19.9 Å². The number of benzene rings is 1. The third kappa shape index (κ3) is 4.11. The molecule has 1 unspecified atom stereocenters. The lowest BCUT2D eigenvalue weighted by molar-refractivity contribution is -0.384. The number of carbonyl (C=O) groups is 2. The molecule has 0 saturated heterocycles. The van der Waals surface area contributed by atoms with Crippen LogP contribution in [0, 0.1) is 10.1 Å². The maximum Gasteiger partial charge on any atom is 0.343 e. The fraction of sp³-hybridized carbons (Fsp3) is 0.467. The number of hydrogen-bond acceptors (Lipinski definition) is 6. The summed E-state index contributed by atoms with van der Waals surface area (Å²) >= 11 is 0. The number of ether oxygens (including phenoxy) is 1. The number of aliphatic hydroxyl groups is 1. The smallest absolute Gasteiger partial charge is 0.343 e. The molecule has 1 rings (SSSR count). The van der Waals surface area contributed by atoms with Crippen molar-refractivity contribution in [1.82, 2.24) is 0 Å². The Kier molecular flexibility index (Phi) is 6.18. The zero-order valence-corrected chi connectivity index (χ0v) is 12.6. The van der Waals surface area contributed by atoms with Crippen molar-refractivity contribution in [2.24, 2.45) is 0 Å². The monoisotopic (exact) mass is 309 g/mol. The molecule has 0 aliphatic rings. The van der Waals surface area contributed by atoms with Crippen molar-refractivity contribution in [3.8, 4) is 0 Å². The lowest BCUT2D eigenvalue weighted by Crippen LogP contribution is -2.39. The van der Waals surface area contributed by atoms with Crippen molar-refractivity contribution in [2.75, 3.05) is 6.61 Å². The largest absolute Gasteiger partial charge is 0.464 e. The second-order valence-corrected chi connectivity index (χ2v) is 4.85. The number of ketones is 1. The van der Waals surface area contributed by atoms with E-state index in [0.717, 1.165) is 0 Å². The minimum absolute atomic E-state index is 0.0517. The van der Waals surface area contributed by atoms with E-state index in [4.69, 9.17) is 4.74 Å². The molecule has 1 N–H and O–H groups in total. The Labute approximate surface area is 128 Å². The quantitative estimate of drug-likeness (QED) is 0.447. The molecule has 0 fully saturated rings. The molecule has 0 aliphatic carbocycles. The van der Waals surface area contributed by atoms with Gasteiger partial charge in [-0.05, 0) is 31.0 Å². The van der Waals surface area contributed by atoms with Gasteiger partial charge < -0.3 is 9.84 Å². The summed E-state index contributed by atoms with van der Waals surface area (Å²) in [6, 6.07) is 4.86. The van der Waals surface area contributed by atoms with Crippen LogP contribution in [-0.4, -0.2) is 28.4 Å². The molecule has 0 aliphatic heterocycles. The van der Waals surface area contributed by atoms with Crippen molar-refractivity contribution in [3.05, 3.63) is 39.9 Å². The molecule has 1 aromatic rings. The zero-order chi connectivity index (χ0) is 16.8. The Morgan fingerprint density at radius 1 is 1.27 bits per heavy atom. The Balaban J connectivity index is 3.15.